The molecule has 0 radical (unpaired) electrons. The molecule has 0 saturated heterocycles. The molecule has 2 amide bonds. The molecule has 1 rings (SSSR count). The van der Waals surface area contributed by atoms with E-state index in [4.69, 9.17) is 5.73 Å². The van der Waals surface area contributed by atoms with Crippen LogP contribution in [0.15, 0.2) is 29.4 Å². The van der Waals surface area contributed by atoms with Crippen LogP contribution < -0.4 is 11.2 Å². The van der Waals surface area contributed by atoms with Gasteiger partial charge < -0.3 is 5.73 Å². The summed E-state index contributed by atoms with van der Waals surface area (Å²) < 4.78 is 0. The van der Waals surface area contributed by atoms with Gasteiger partial charge in [-0.05, 0) is 25.3 Å². The van der Waals surface area contributed by atoms with E-state index in [0.717, 1.165) is 30.5 Å². The van der Waals surface area contributed by atoms with E-state index in [0.29, 0.717) is 0 Å². The second kappa shape index (κ2) is 6.68. The number of urea groups is 1. The predicted molar refractivity (Wildman–Crippen MR) is 70.0 cm³/mol. The molecule has 0 bridgehead atoms. The average Bonchev–Trinajstić information content (AvgIpc) is 2.30. The fourth-order valence-corrected chi connectivity index (χ4v) is 1.48. The van der Waals surface area contributed by atoms with Crippen molar-refractivity contribution in [2.45, 2.75) is 33.1 Å². The van der Waals surface area contributed by atoms with Crippen LogP contribution in [0.5, 0.6) is 0 Å². The molecule has 0 aliphatic carbocycles. The van der Waals surface area contributed by atoms with E-state index >= 15 is 0 Å². The zero-order valence-electron chi connectivity index (χ0n) is 10.4. The largest absolute Gasteiger partial charge is 0.350 e. The molecular formula is C13H19N3O. The van der Waals surface area contributed by atoms with Crippen molar-refractivity contribution in [3.05, 3.63) is 35.4 Å². The zero-order valence-corrected chi connectivity index (χ0v) is 10.4. The minimum absolute atomic E-state index is 0.633. The van der Waals surface area contributed by atoms with Gasteiger partial charge in [0, 0.05) is 0 Å². The van der Waals surface area contributed by atoms with Crippen LogP contribution in [0.4, 0.5) is 4.79 Å². The SMILES string of the molecule is CCCC/C(=N\NC(N)=O)c1ccc(C)cc1. The number of rotatable bonds is 5. The number of nitrogens with two attached hydrogens (primary N) is 1. The average molecular weight is 233 g/mol. The second-order valence-corrected chi connectivity index (χ2v) is 4.00. The van der Waals surface area contributed by atoms with Gasteiger partial charge in [0.2, 0.25) is 0 Å². The van der Waals surface area contributed by atoms with Crippen LogP contribution in [-0.2, 0) is 0 Å². The van der Waals surface area contributed by atoms with Gasteiger partial charge in [0.15, 0.2) is 0 Å². The number of unbranched alkanes of at least 4 members (excludes halogenated alkanes) is 1. The lowest BCUT2D eigenvalue weighted by atomic mass is 10.0. The van der Waals surface area contributed by atoms with Crippen LogP contribution in [0.3, 0.4) is 0 Å². The summed E-state index contributed by atoms with van der Waals surface area (Å²) in [6, 6.07) is 7.44. The number of benzene rings is 1. The van der Waals surface area contributed by atoms with Crippen molar-refractivity contribution in [1.82, 2.24) is 5.43 Å². The van der Waals surface area contributed by atoms with Crippen molar-refractivity contribution in [1.29, 1.82) is 0 Å². The first-order valence-electron chi connectivity index (χ1n) is 5.82. The number of aryl methyl sites for hydroxylation is 1. The van der Waals surface area contributed by atoms with Gasteiger partial charge in [0.1, 0.15) is 0 Å². The summed E-state index contributed by atoms with van der Waals surface area (Å²) in [6.07, 6.45) is 2.95. The van der Waals surface area contributed by atoms with E-state index in [1.165, 1.54) is 5.56 Å². The third kappa shape index (κ3) is 4.68. The Morgan fingerprint density at radius 2 is 2.00 bits per heavy atom. The molecular weight excluding hydrogens is 214 g/mol. The Morgan fingerprint density at radius 3 is 2.53 bits per heavy atom. The molecule has 4 heteroatoms. The molecule has 1 aromatic carbocycles. The highest BCUT2D eigenvalue weighted by atomic mass is 16.2. The Labute approximate surface area is 102 Å². The van der Waals surface area contributed by atoms with E-state index in [1.807, 2.05) is 31.2 Å². The van der Waals surface area contributed by atoms with E-state index in [-0.39, 0.29) is 0 Å². The fraction of sp³-hybridized carbons (Fsp3) is 0.385. The molecule has 0 atom stereocenters. The summed E-state index contributed by atoms with van der Waals surface area (Å²) in [5, 5.41) is 4.05. The van der Waals surface area contributed by atoms with Gasteiger partial charge >= 0.3 is 6.03 Å². The van der Waals surface area contributed by atoms with Gasteiger partial charge in [-0.1, -0.05) is 43.2 Å². The highest BCUT2D eigenvalue weighted by Gasteiger charge is 2.03. The van der Waals surface area contributed by atoms with Crippen molar-refractivity contribution in [3.8, 4) is 0 Å². The number of carbonyl (C=O) groups is 1. The smallest absolute Gasteiger partial charge is 0.332 e. The van der Waals surface area contributed by atoms with Crippen LogP contribution in [0, 0.1) is 6.92 Å². The van der Waals surface area contributed by atoms with Gasteiger partial charge in [-0.2, -0.15) is 5.10 Å². The fourth-order valence-electron chi connectivity index (χ4n) is 1.48. The van der Waals surface area contributed by atoms with Gasteiger partial charge in [-0.25, -0.2) is 10.2 Å². The standard InChI is InChI=1S/C13H19N3O/c1-3-4-5-12(15-16-13(14)17)11-8-6-10(2)7-9-11/h6-9H,3-5H2,1-2H3,(H3,14,16,17)/b15-12+. The summed E-state index contributed by atoms with van der Waals surface area (Å²) in [5.74, 6) is 0. The number of primary amides is 1. The lowest BCUT2D eigenvalue weighted by Gasteiger charge is -2.06. The number of nitrogens with zero attached hydrogens (tertiary/aromatic N) is 1. The third-order valence-electron chi connectivity index (χ3n) is 2.45. The number of hydrogen-bond donors (Lipinski definition) is 2. The molecule has 0 heterocycles. The number of hydrazone groups is 1. The molecule has 1 aromatic rings. The number of nitrogens with one attached hydrogen (secondary N) is 1. The predicted octanol–water partition coefficient (Wildman–Crippen LogP) is 2.56. The molecule has 0 fully saturated rings. The first kappa shape index (κ1) is 13.2. The summed E-state index contributed by atoms with van der Waals surface area (Å²) in [6.45, 7) is 4.16. The molecule has 4 nitrogen and oxygen atoms in total. The minimum atomic E-state index is -0.633. The van der Waals surface area contributed by atoms with Crippen LogP contribution >= 0.6 is 0 Å². The number of amides is 2. The number of carbonyl (C=O) groups excluding carboxylic acids is 1. The van der Waals surface area contributed by atoms with Gasteiger partial charge in [0.25, 0.3) is 0 Å². The molecule has 0 aliphatic rings. The highest BCUT2D eigenvalue weighted by molar-refractivity contribution is 6.01. The topological polar surface area (TPSA) is 67.5 Å². The lowest BCUT2D eigenvalue weighted by molar-refractivity contribution is 0.249. The molecule has 0 unspecified atom stereocenters. The first-order valence-corrected chi connectivity index (χ1v) is 5.82. The van der Waals surface area contributed by atoms with E-state index in [2.05, 4.69) is 17.5 Å². The molecule has 0 spiro atoms. The Morgan fingerprint density at radius 1 is 1.35 bits per heavy atom. The third-order valence-corrected chi connectivity index (χ3v) is 2.45. The van der Waals surface area contributed by atoms with E-state index in [1.54, 1.807) is 0 Å². The Balaban J connectivity index is 2.84. The molecule has 3 N–H and O–H groups in total. The zero-order chi connectivity index (χ0) is 12.7. The van der Waals surface area contributed by atoms with Gasteiger partial charge in [-0.15, -0.1) is 0 Å². The molecule has 0 aromatic heterocycles. The van der Waals surface area contributed by atoms with Crippen LogP contribution in [0.25, 0.3) is 0 Å². The van der Waals surface area contributed by atoms with E-state index in [9.17, 15) is 4.79 Å². The summed E-state index contributed by atoms with van der Waals surface area (Å²) in [5.41, 5.74) is 10.4. The maximum absolute atomic E-state index is 10.7. The van der Waals surface area contributed by atoms with Crippen molar-refractivity contribution in [2.75, 3.05) is 0 Å². The van der Waals surface area contributed by atoms with Gasteiger partial charge in [0.05, 0.1) is 5.71 Å². The Bertz CT molecular complexity index is 396. The van der Waals surface area contributed by atoms with Crippen molar-refractivity contribution in [3.63, 3.8) is 0 Å². The molecule has 0 aliphatic heterocycles. The Hall–Kier alpha value is -1.84. The van der Waals surface area contributed by atoms with Crippen LogP contribution in [0.1, 0.15) is 37.3 Å². The number of hydrogen-bond acceptors (Lipinski definition) is 2. The normalized spacial score (nSPS) is 11.3. The van der Waals surface area contributed by atoms with Crippen molar-refractivity contribution < 1.29 is 4.79 Å². The summed E-state index contributed by atoms with van der Waals surface area (Å²) in [7, 11) is 0. The highest BCUT2D eigenvalue weighted by Crippen LogP contribution is 2.09. The lowest BCUT2D eigenvalue weighted by Crippen LogP contribution is -2.26. The summed E-state index contributed by atoms with van der Waals surface area (Å²) in [4.78, 5) is 10.7. The quantitative estimate of drug-likeness (QED) is 0.595. The monoisotopic (exact) mass is 233 g/mol. The van der Waals surface area contributed by atoms with Crippen molar-refractivity contribution >= 4 is 11.7 Å². The van der Waals surface area contributed by atoms with E-state index < -0.39 is 6.03 Å². The molecule has 17 heavy (non-hydrogen) atoms. The minimum Gasteiger partial charge on any atom is -0.350 e. The van der Waals surface area contributed by atoms with Crippen LogP contribution in [-0.4, -0.2) is 11.7 Å². The molecule has 92 valence electrons. The van der Waals surface area contributed by atoms with Crippen molar-refractivity contribution in [2.24, 2.45) is 10.8 Å². The second-order valence-electron chi connectivity index (χ2n) is 4.00. The molecule has 0 saturated carbocycles. The first-order chi connectivity index (χ1) is 8.13. The van der Waals surface area contributed by atoms with Gasteiger partial charge in [-0.3, -0.25) is 0 Å². The summed E-state index contributed by atoms with van der Waals surface area (Å²) >= 11 is 0. The maximum atomic E-state index is 10.7. The van der Waals surface area contributed by atoms with Crippen LogP contribution in [0.2, 0.25) is 0 Å². The Kier molecular flexibility index (Phi) is 5.20. The maximum Gasteiger partial charge on any atom is 0.332 e.